The molecule has 2 aromatic rings. The summed E-state index contributed by atoms with van der Waals surface area (Å²) in [5.41, 5.74) is 1.87. The number of aryl methyl sites for hydroxylation is 1. The van der Waals surface area contributed by atoms with Gasteiger partial charge in [-0.2, -0.15) is 5.10 Å². The monoisotopic (exact) mass is 300 g/mol. The van der Waals surface area contributed by atoms with Crippen molar-refractivity contribution in [2.24, 2.45) is 7.05 Å². The first-order chi connectivity index (χ1) is 9.06. The molecule has 0 atom stereocenters. The fourth-order valence-electron chi connectivity index (χ4n) is 1.70. The van der Waals surface area contributed by atoms with E-state index in [4.69, 9.17) is 0 Å². The van der Waals surface area contributed by atoms with Crippen molar-refractivity contribution < 1.29 is 66.1 Å². The van der Waals surface area contributed by atoms with Crippen molar-refractivity contribution in [1.29, 1.82) is 0 Å². The molecular formula is C12H13KN4O3. The molecule has 0 bridgehead atoms. The van der Waals surface area contributed by atoms with Crippen LogP contribution in [0.3, 0.4) is 0 Å². The number of amides is 2. The van der Waals surface area contributed by atoms with Crippen molar-refractivity contribution in [1.82, 2.24) is 20.4 Å². The van der Waals surface area contributed by atoms with Crippen LogP contribution >= 0.6 is 0 Å². The number of rotatable bonds is 4. The number of nitrogens with zero attached hydrogens (tertiary/aromatic N) is 2. The van der Waals surface area contributed by atoms with Gasteiger partial charge in [0.05, 0.1) is 24.2 Å². The van der Waals surface area contributed by atoms with Gasteiger partial charge >= 0.3 is 57.4 Å². The maximum absolute atomic E-state index is 11.3. The molecule has 2 rings (SSSR count). The molecule has 1 heterocycles. The third-order valence-corrected chi connectivity index (χ3v) is 2.66. The molecule has 7 nitrogen and oxygen atoms in total. The molecule has 0 aliphatic carbocycles. The molecule has 20 heavy (non-hydrogen) atoms. The molecule has 0 saturated heterocycles. The summed E-state index contributed by atoms with van der Waals surface area (Å²) >= 11 is 0. The maximum atomic E-state index is 11.3. The fourth-order valence-corrected chi connectivity index (χ4v) is 1.70. The van der Waals surface area contributed by atoms with Crippen LogP contribution in [0.25, 0.3) is 10.9 Å². The molecule has 0 unspecified atom stereocenters. The first-order valence-electron chi connectivity index (χ1n) is 5.68. The van der Waals surface area contributed by atoms with E-state index < -0.39 is 18.5 Å². The zero-order valence-electron chi connectivity index (χ0n) is 11.3. The second kappa shape index (κ2) is 7.74. The van der Waals surface area contributed by atoms with Gasteiger partial charge < -0.3 is 20.5 Å². The van der Waals surface area contributed by atoms with Crippen molar-refractivity contribution in [3.05, 3.63) is 30.0 Å². The van der Waals surface area contributed by atoms with E-state index in [0.29, 0.717) is 6.54 Å². The molecule has 0 radical (unpaired) electrons. The Morgan fingerprint density at radius 2 is 2.10 bits per heavy atom. The summed E-state index contributed by atoms with van der Waals surface area (Å²) in [6.45, 7) is -0.202. The van der Waals surface area contributed by atoms with Crippen LogP contribution in [-0.2, 0) is 18.4 Å². The van der Waals surface area contributed by atoms with Gasteiger partial charge in [-0.05, 0) is 11.6 Å². The van der Waals surface area contributed by atoms with Crippen LogP contribution in [-0.4, -0.2) is 28.3 Å². The predicted molar refractivity (Wildman–Crippen MR) is 66.0 cm³/mol. The number of carboxylic acid groups (broad SMARTS) is 1. The molecule has 0 aliphatic rings. The van der Waals surface area contributed by atoms with Crippen LogP contribution in [0.2, 0.25) is 0 Å². The first kappa shape index (κ1) is 17.1. The second-order valence-electron chi connectivity index (χ2n) is 4.07. The van der Waals surface area contributed by atoms with Crippen LogP contribution < -0.4 is 67.1 Å². The number of carbonyl (C=O) groups is 2. The maximum Gasteiger partial charge on any atom is 1.00 e. The molecule has 0 saturated carbocycles. The predicted octanol–water partition coefficient (Wildman–Crippen LogP) is -3.87. The Balaban J connectivity index is 0.00000200. The number of aromatic nitrogens is 2. The van der Waals surface area contributed by atoms with E-state index in [-0.39, 0.29) is 51.4 Å². The normalized spacial score (nSPS) is 9.85. The minimum Gasteiger partial charge on any atom is -0.548 e. The number of hydrogen-bond donors (Lipinski definition) is 2. The van der Waals surface area contributed by atoms with Crippen molar-refractivity contribution >= 4 is 22.9 Å². The minimum atomic E-state index is -1.33. The molecule has 0 aliphatic heterocycles. The summed E-state index contributed by atoms with van der Waals surface area (Å²) in [6.07, 6.45) is 1.76. The van der Waals surface area contributed by atoms with E-state index in [9.17, 15) is 14.7 Å². The molecular weight excluding hydrogens is 287 g/mol. The summed E-state index contributed by atoms with van der Waals surface area (Å²) in [5, 5.41) is 20.0. The Hall–Kier alpha value is -0.934. The molecule has 1 aromatic carbocycles. The Morgan fingerprint density at radius 3 is 2.80 bits per heavy atom. The third-order valence-electron chi connectivity index (χ3n) is 2.66. The zero-order chi connectivity index (χ0) is 13.8. The number of aliphatic carboxylic acids is 1. The molecule has 1 aromatic heterocycles. The van der Waals surface area contributed by atoms with E-state index in [1.807, 2.05) is 25.2 Å². The molecule has 100 valence electrons. The minimum absolute atomic E-state index is 0. The van der Waals surface area contributed by atoms with Crippen molar-refractivity contribution in [2.45, 2.75) is 6.54 Å². The van der Waals surface area contributed by atoms with Crippen molar-refractivity contribution in [3.8, 4) is 0 Å². The summed E-state index contributed by atoms with van der Waals surface area (Å²) in [7, 11) is 1.84. The van der Waals surface area contributed by atoms with Gasteiger partial charge in [0.15, 0.2) is 0 Å². The largest absolute Gasteiger partial charge is 1.00 e. The molecule has 0 spiro atoms. The van der Waals surface area contributed by atoms with Crippen LogP contribution in [0.1, 0.15) is 5.56 Å². The van der Waals surface area contributed by atoms with Gasteiger partial charge in [-0.3, -0.25) is 4.68 Å². The Bertz CT molecular complexity index is 626. The van der Waals surface area contributed by atoms with Crippen molar-refractivity contribution in [2.75, 3.05) is 6.54 Å². The third kappa shape index (κ3) is 4.56. The van der Waals surface area contributed by atoms with Gasteiger partial charge in [0.25, 0.3) is 0 Å². The summed E-state index contributed by atoms with van der Waals surface area (Å²) in [6, 6.07) is 5.16. The summed E-state index contributed by atoms with van der Waals surface area (Å²) < 4.78 is 1.75. The number of nitrogens with one attached hydrogen (secondary N) is 2. The number of urea groups is 1. The second-order valence-corrected chi connectivity index (χ2v) is 4.07. The first-order valence-corrected chi connectivity index (χ1v) is 5.68. The van der Waals surface area contributed by atoms with E-state index in [1.165, 1.54) is 0 Å². The number of benzene rings is 1. The van der Waals surface area contributed by atoms with Gasteiger partial charge in [0.1, 0.15) is 0 Å². The average Bonchev–Trinajstić information content (AvgIpc) is 2.75. The van der Waals surface area contributed by atoms with Crippen molar-refractivity contribution in [3.63, 3.8) is 0 Å². The van der Waals surface area contributed by atoms with E-state index in [0.717, 1.165) is 16.5 Å². The number of fused-ring (bicyclic) bond motifs is 1. The number of hydrogen-bond acceptors (Lipinski definition) is 4. The molecule has 8 heteroatoms. The molecule has 2 N–H and O–H groups in total. The molecule has 0 fully saturated rings. The van der Waals surface area contributed by atoms with Crippen LogP contribution in [0, 0.1) is 0 Å². The topological polar surface area (TPSA) is 99.1 Å². The van der Waals surface area contributed by atoms with E-state index in [2.05, 4.69) is 15.7 Å². The van der Waals surface area contributed by atoms with Gasteiger partial charge in [-0.1, -0.05) is 12.1 Å². The smallest absolute Gasteiger partial charge is 0.548 e. The number of carbonyl (C=O) groups excluding carboxylic acids is 2. The van der Waals surface area contributed by atoms with E-state index in [1.54, 1.807) is 10.9 Å². The van der Waals surface area contributed by atoms with Gasteiger partial charge in [-0.25, -0.2) is 4.79 Å². The van der Waals surface area contributed by atoms with Crippen LogP contribution in [0.4, 0.5) is 4.79 Å². The van der Waals surface area contributed by atoms with E-state index >= 15 is 0 Å². The van der Waals surface area contributed by atoms with Gasteiger partial charge in [-0.15, -0.1) is 0 Å². The Kier molecular flexibility index (Phi) is 6.63. The average molecular weight is 300 g/mol. The molecule has 2 amide bonds. The van der Waals surface area contributed by atoms with Gasteiger partial charge in [0, 0.05) is 19.0 Å². The summed E-state index contributed by atoms with van der Waals surface area (Å²) in [5.74, 6) is -1.33. The number of carboxylic acids is 1. The Labute approximate surface area is 158 Å². The quantitative estimate of drug-likeness (QED) is 0.564. The summed E-state index contributed by atoms with van der Waals surface area (Å²) in [4.78, 5) is 21.4. The zero-order valence-corrected chi connectivity index (χ0v) is 14.5. The Morgan fingerprint density at radius 1 is 1.35 bits per heavy atom. The fraction of sp³-hybridized carbons (Fsp3) is 0.250. The standard InChI is InChI=1S/C12H14N4O3.K/c1-16-10-4-8(2-3-9(10)6-15-16)5-13-12(19)14-7-11(17)18;/h2-4,6H,5,7H2,1H3,(H,17,18)(H2,13,14,19);/q;+1/p-1. The SMILES string of the molecule is Cn1ncc2ccc(CNC(=O)NCC(=O)[O-])cc21.[K+]. The van der Waals surface area contributed by atoms with Gasteiger partial charge in [0.2, 0.25) is 0 Å². The van der Waals surface area contributed by atoms with Crippen LogP contribution in [0.15, 0.2) is 24.4 Å². The van der Waals surface area contributed by atoms with Crippen LogP contribution in [0.5, 0.6) is 0 Å².